The average Bonchev–Trinajstić information content (AvgIpc) is 3.35. The van der Waals surface area contributed by atoms with Gasteiger partial charge in [-0.25, -0.2) is 14.2 Å². The molecular weight excluding hydrogens is 423 g/mol. The minimum absolute atomic E-state index is 0.00922. The summed E-state index contributed by atoms with van der Waals surface area (Å²) in [4.78, 5) is 29.5. The van der Waals surface area contributed by atoms with Crippen molar-refractivity contribution < 1.29 is 27.9 Å². The molecule has 1 amide bonds. The SMILES string of the molecule is COC(=O)c1ccc(-c2ccc(/C=C3\OC(=S)N(Cc4ccc(F)cc4)C3=O)o2)cn1. The maximum Gasteiger partial charge on any atom is 0.356 e. The van der Waals surface area contributed by atoms with Crippen LogP contribution < -0.4 is 0 Å². The molecule has 1 saturated heterocycles. The standard InChI is InChI=1S/C22H15FN2O5S/c1-28-21(27)17-8-4-14(11-24-17)18-9-7-16(29-18)10-19-20(26)25(22(31)30-19)12-13-2-5-15(23)6-3-13/h2-11H,12H2,1H3/b19-10-. The van der Waals surface area contributed by atoms with Crippen molar-refractivity contribution in [3.63, 3.8) is 0 Å². The Morgan fingerprint density at radius 1 is 1.19 bits per heavy atom. The van der Waals surface area contributed by atoms with E-state index in [1.807, 2.05) is 0 Å². The largest absolute Gasteiger partial charge is 0.464 e. The molecule has 1 aliphatic heterocycles. The van der Waals surface area contributed by atoms with E-state index in [9.17, 15) is 14.0 Å². The second-order valence-electron chi connectivity index (χ2n) is 6.52. The lowest BCUT2D eigenvalue weighted by molar-refractivity contribution is -0.123. The van der Waals surface area contributed by atoms with Crippen molar-refractivity contribution in [3.8, 4) is 11.3 Å². The summed E-state index contributed by atoms with van der Waals surface area (Å²) in [6, 6.07) is 12.3. The molecule has 1 aliphatic rings. The number of rotatable bonds is 5. The molecule has 2 aromatic heterocycles. The van der Waals surface area contributed by atoms with E-state index in [1.54, 1.807) is 30.3 Å². The van der Waals surface area contributed by atoms with Crippen LogP contribution in [0.25, 0.3) is 17.4 Å². The van der Waals surface area contributed by atoms with Gasteiger partial charge in [0.1, 0.15) is 23.0 Å². The fraction of sp³-hybridized carbons (Fsp3) is 0.0909. The fourth-order valence-electron chi connectivity index (χ4n) is 2.89. The highest BCUT2D eigenvalue weighted by molar-refractivity contribution is 7.80. The number of carbonyl (C=O) groups is 2. The number of amides is 1. The number of benzene rings is 1. The number of furan rings is 1. The molecule has 0 aliphatic carbocycles. The van der Waals surface area contributed by atoms with Crippen molar-refractivity contribution in [1.82, 2.24) is 9.88 Å². The van der Waals surface area contributed by atoms with Crippen LogP contribution in [0.1, 0.15) is 21.8 Å². The van der Waals surface area contributed by atoms with Gasteiger partial charge in [0.2, 0.25) is 0 Å². The number of aromatic nitrogens is 1. The molecular formula is C22H15FN2O5S. The lowest BCUT2D eigenvalue weighted by atomic mass is 10.2. The Bertz CT molecular complexity index is 1190. The molecule has 0 saturated carbocycles. The number of hydrogen-bond acceptors (Lipinski definition) is 7. The molecule has 9 heteroatoms. The van der Waals surface area contributed by atoms with E-state index in [2.05, 4.69) is 9.72 Å². The number of methoxy groups -OCH3 is 1. The molecule has 3 heterocycles. The minimum atomic E-state index is -0.533. The highest BCUT2D eigenvalue weighted by Gasteiger charge is 2.33. The molecule has 1 fully saturated rings. The highest BCUT2D eigenvalue weighted by Crippen LogP contribution is 2.26. The third kappa shape index (κ3) is 4.36. The van der Waals surface area contributed by atoms with Crippen LogP contribution in [0.5, 0.6) is 0 Å². The van der Waals surface area contributed by atoms with Crippen molar-refractivity contribution in [2.45, 2.75) is 6.54 Å². The molecule has 156 valence electrons. The number of thiocarbonyl (C=S) groups is 1. The zero-order valence-electron chi connectivity index (χ0n) is 16.2. The van der Waals surface area contributed by atoms with Gasteiger partial charge in [0, 0.05) is 17.8 Å². The van der Waals surface area contributed by atoms with Gasteiger partial charge in [0.15, 0.2) is 5.76 Å². The molecule has 0 atom stereocenters. The Kier molecular flexibility index (Phi) is 5.59. The molecule has 31 heavy (non-hydrogen) atoms. The summed E-state index contributed by atoms with van der Waals surface area (Å²) in [5.74, 6) is -0.425. The van der Waals surface area contributed by atoms with E-state index in [0.29, 0.717) is 22.6 Å². The first-order valence-electron chi connectivity index (χ1n) is 9.09. The quantitative estimate of drug-likeness (QED) is 0.339. The molecule has 4 rings (SSSR count). The molecule has 7 nitrogen and oxygen atoms in total. The second-order valence-corrected chi connectivity index (χ2v) is 6.87. The van der Waals surface area contributed by atoms with E-state index in [1.165, 1.54) is 42.5 Å². The number of halogens is 1. The van der Waals surface area contributed by atoms with Gasteiger partial charge in [0.05, 0.1) is 13.7 Å². The Balaban J connectivity index is 1.50. The summed E-state index contributed by atoms with van der Waals surface area (Å²) in [5.41, 5.74) is 1.54. The zero-order valence-corrected chi connectivity index (χ0v) is 17.0. The molecule has 0 spiro atoms. The first-order chi connectivity index (χ1) is 14.9. The minimum Gasteiger partial charge on any atom is -0.464 e. The monoisotopic (exact) mass is 438 g/mol. The van der Waals surface area contributed by atoms with E-state index in [4.69, 9.17) is 21.4 Å². The predicted molar refractivity (Wildman–Crippen MR) is 112 cm³/mol. The smallest absolute Gasteiger partial charge is 0.356 e. The third-order valence-corrected chi connectivity index (χ3v) is 4.77. The summed E-state index contributed by atoms with van der Waals surface area (Å²) in [7, 11) is 1.28. The third-order valence-electron chi connectivity index (χ3n) is 4.47. The van der Waals surface area contributed by atoms with E-state index in [-0.39, 0.29) is 29.0 Å². The van der Waals surface area contributed by atoms with Gasteiger partial charge in [-0.1, -0.05) is 12.1 Å². The normalized spacial score (nSPS) is 14.8. The number of ether oxygens (including phenoxy) is 2. The number of nitrogens with zero attached hydrogens (tertiary/aromatic N) is 2. The summed E-state index contributed by atoms with van der Waals surface area (Å²) < 4.78 is 28.9. The van der Waals surface area contributed by atoms with Crippen molar-refractivity contribution in [2.75, 3.05) is 7.11 Å². The first-order valence-corrected chi connectivity index (χ1v) is 9.50. The molecule has 0 bridgehead atoms. The van der Waals surface area contributed by atoms with Crippen LogP contribution in [-0.4, -0.2) is 34.0 Å². The van der Waals surface area contributed by atoms with Crippen LogP contribution >= 0.6 is 12.2 Å². The number of hydrogen-bond donors (Lipinski definition) is 0. The molecule has 1 aromatic carbocycles. The van der Waals surface area contributed by atoms with E-state index in [0.717, 1.165) is 0 Å². The average molecular weight is 438 g/mol. The Morgan fingerprint density at radius 2 is 1.97 bits per heavy atom. The van der Waals surface area contributed by atoms with Crippen LogP contribution in [0.2, 0.25) is 0 Å². The molecule has 0 unspecified atom stereocenters. The lowest BCUT2D eigenvalue weighted by Crippen LogP contribution is -2.27. The van der Waals surface area contributed by atoms with Crippen LogP contribution in [0, 0.1) is 5.82 Å². The van der Waals surface area contributed by atoms with E-state index < -0.39 is 11.9 Å². The van der Waals surface area contributed by atoms with E-state index >= 15 is 0 Å². The first kappa shape index (κ1) is 20.4. The summed E-state index contributed by atoms with van der Waals surface area (Å²) in [6.45, 7) is 0.164. The molecule has 0 radical (unpaired) electrons. The number of carbonyl (C=O) groups excluding carboxylic acids is 2. The fourth-order valence-corrected chi connectivity index (χ4v) is 3.13. The summed E-state index contributed by atoms with van der Waals surface area (Å²) in [6.07, 6.45) is 2.93. The Morgan fingerprint density at radius 3 is 2.65 bits per heavy atom. The number of pyridine rings is 1. The second kappa shape index (κ2) is 8.49. The Hall–Kier alpha value is -3.85. The van der Waals surface area contributed by atoms with Crippen molar-refractivity contribution in [1.29, 1.82) is 0 Å². The van der Waals surface area contributed by atoms with Crippen molar-refractivity contribution in [2.24, 2.45) is 0 Å². The highest BCUT2D eigenvalue weighted by atomic mass is 32.1. The molecule has 3 aromatic rings. The maximum absolute atomic E-state index is 13.1. The maximum atomic E-state index is 13.1. The van der Waals surface area contributed by atoms with Crippen LogP contribution in [0.4, 0.5) is 4.39 Å². The zero-order chi connectivity index (χ0) is 22.0. The van der Waals surface area contributed by atoms with Gasteiger partial charge in [0.25, 0.3) is 11.1 Å². The topological polar surface area (TPSA) is 81.9 Å². The van der Waals surface area contributed by atoms with Gasteiger partial charge >= 0.3 is 5.97 Å². The van der Waals surface area contributed by atoms with Gasteiger partial charge in [-0.2, -0.15) is 0 Å². The van der Waals surface area contributed by atoms with Crippen LogP contribution in [-0.2, 0) is 20.8 Å². The molecule has 0 N–H and O–H groups in total. The Labute approximate surface area is 181 Å². The van der Waals surface area contributed by atoms with Gasteiger partial charge < -0.3 is 13.9 Å². The predicted octanol–water partition coefficient (Wildman–Crippen LogP) is 3.95. The van der Waals surface area contributed by atoms with Crippen molar-refractivity contribution >= 4 is 35.3 Å². The van der Waals surface area contributed by atoms with Crippen LogP contribution in [0.3, 0.4) is 0 Å². The van der Waals surface area contributed by atoms with Gasteiger partial charge in [-0.3, -0.25) is 9.69 Å². The van der Waals surface area contributed by atoms with Crippen LogP contribution in [0.15, 0.2) is 64.9 Å². The lowest BCUT2D eigenvalue weighted by Gasteiger charge is -2.12. The van der Waals surface area contributed by atoms with Gasteiger partial charge in [-0.15, -0.1) is 0 Å². The number of esters is 1. The van der Waals surface area contributed by atoms with Gasteiger partial charge in [-0.05, 0) is 54.2 Å². The van der Waals surface area contributed by atoms with Crippen molar-refractivity contribution in [3.05, 3.63) is 83.3 Å². The summed E-state index contributed by atoms with van der Waals surface area (Å²) in [5, 5.41) is 0.00922. The summed E-state index contributed by atoms with van der Waals surface area (Å²) >= 11 is 5.15.